The van der Waals surface area contributed by atoms with Gasteiger partial charge in [-0.2, -0.15) is 0 Å². The first-order chi connectivity index (χ1) is 9.61. The van der Waals surface area contributed by atoms with E-state index in [9.17, 15) is 8.78 Å². The fourth-order valence-corrected chi connectivity index (χ4v) is 2.37. The molecular formula is C16H22F2O2. The fraction of sp³-hybridized carbons (Fsp3) is 0.625. The summed E-state index contributed by atoms with van der Waals surface area (Å²) in [6, 6.07) is 3.24. The van der Waals surface area contributed by atoms with Crippen LogP contribution in [-0.2, 0) is 0 Å². The van der Waals surface area contributed by atoms with Crippen molar-refractivity contribution in [1.82, 2.24) is 0 Å². The highest BCUT2D eigenvalue weighted by molar-refractivity contribution is 5.41. The molecule has 112 valence electrons. The van der Waals surface area contributed by atoms with E-state index in [4.69, 9.17) is 9.47 Å². The lowest BCUT2D eigenvalue weighted by atomic mass is 10.2. The van der Waals surface area contributed by atoms with Gasteiger partial charge in [0.2, 0.25) is 0 Å². The normalized spacial score (nSPS) is 17.2. The van der Waals surface area contributed by atoms with Gasteiger partial charge in [0.05, 0.1) is 6.10 Å². The molecule has 1 aromatic carbocycles. The number of hydrogen-bond acceptors (Lipinski definition) is 2. The lowest BCUT2D eigenvalue weighted by molar-refractivity contribution is 0.186. The molecule has 1 aliphatic rings. The molecule has 0 aliphatic heterocycles. The molecule has 1 atom stereocenters. The van der Waals surface area contributed by atoms with Gasteiger partial charge in [0, 0.05) is 5.56 Å². The lowest BCUT2D eigenvalue weighted by Gasteiger charge is -2.17. The maximum atomic E-state index is 14.2. The van der Waals surface area contributed by atoms with Crippen molar-refractivity contribution in [3.63, 3.8) is 0 Å². The van der Waals surface area contributed by atoms with Gasteiger partial charge in [-0.05, 0) is 51.2 Å². The van der Waals surface area contributed by atoms with Crippen LogP contribution in [0.4, 0.5) is 8.78 Å². The molecule has 0 bridgehead atoms. The molecule has 0 spiro atoms. The van der Waals surface area contributed by atoms with Crippen LogP contribution in [0.15, 0.2) is 12.1 Å². The third-order valence-electron chi connectivity index (χ3n) is 3.76. The fourth-order valence-electron chi connectivity index (χ4n) is 2.37. The monoisotopic (exact) mass is 284 g/mol. The van der Waals surface area contributed by atoms with Gasteiger partial charge in [0.25, 0.3) is 0 Å². The largest absolute Gasteiger partial charge is 0.490 e. The second-order valence-electron chi connectivity index (χ2n) is 5.34. The summed E-state index contributed by atoms with van der Waals surface area (Å²) < 4.78 is 38.4. The maximum absolute atomic E-state index is 14.2. The van der Waals surface area contributed by atoms with E-state index in [-0.39, 0.29) is 18.5 Å². The molecule has 2 nitrogen and oxygen atoms in total. The van der Waals surface area contributed by atoms with Crippen LogP contribution in [-0.4, -0.2) is 18.9 Å². The molecule has 1 aliphatic carbocycles. The smallest absolute Gasteiger partial charge is 0.171 e. The van der Waals surface area contributed by atoms with Crippen molar-refractivity contribution in [3.8, 4) is 11.5 Å². The van der Waals surface area contributed by atoms with Crippen LogP contribution in [0.2, 0.25) is 0 Å². The van der Waals surface area contributed by atoms with E-state index >= 15 is 0 Å². The van der Waals surface area contributed by atoms with E-state index in [0.717, 1.165) is 25.7 Å². The van der Waals surface area contributed by atoms with E-state index in [2.05, 4.69) is 0 Å². The second-order valence-corrected chi connectivity index (χ2v) is 5.34. The molecule has 2 rings (SSSR count). The number of rotatable bonds is 6. The Morgan fingerprint density at radius 2 is 1.90 bits per heavy atom. The molecule has 20 heavy (non-hydrogen) atoms. The third kappa shape index (κ3) is 3.62. The molecule has 4 heteroatoms. The van der Waals surface area contributed by atoms with E-state index in [1.807, 2.05) is 0 Å². The van der Waals surface area contributed by atoms with Crippen molar-refractivity contribution >= 4 is 0 Å². The topological polar surface area (TPSA) is 18.5 Å². The molecule has 0 amide bonds. The number of benzene rings is 1. The highest BCUT2D eigenvalue weighted by atomic mass is 19.1. The summed E-state index contributed by atoms with van der Waals surface area (Å²) in [5, 5.41) is 0. The number of ether oxygens (including phenoxy) is 2. The van der Waals surface area contributed by atoms with Crippen molar-refractivity contribution in [3.05, 3.63) is 23.5 Å². The van der Waals surface area contributed by atoms with E-state index < -0.39 is 12.0 Å². The van der Waals surface area contributed by atoms with Crippen molar-refractivity contribution in [2.75, 3.05) is 6.61 Å². The lowest BCUT2D eigenvalue weighted by Crippen LogP contribution is -2.14. The molecule has 0 aromatic heterocycles. The zero-order valence-electron chi connectivity index (χ0n) is 12.1. The summed E-state index contributed by atoms with van der Waals surface area (Å²) >= 11 is 0. The molecule has 0 N–H and O–H groups in total. The summed E-state index contributed by atoms with van der Waals surface area (Å²) in [6.07, 6.45) is 3.73. The zero-order valence-corrected chi connectivity index (χ0v) is 12.1. The van der Waals surface area contributed by atoms with Gasteiger partial charge in [-0.25, -0.2) is 8.78 Å². The minimum atomic E-state index is -1.02. The Morgan fingerprint density at radius 1 is 1.25 bits per heavy atom. The Bertz CT molecular complexity index is 442. The van der Waals surface area contributed by atoms with Gasteiger partial charge >= 0.3 is 0 Å². The minimum absolute atomic E-state index is 0.0421. The predicted molar refractivity (Wildman–Crippen MR) is 74.7 cm³/mol. The van der Waals surface area contributed by atoms with E-state index in [1.54, 1.807) is 26.0 Å². The Kier molecular flexibility index (Phi) is 5.21. The Morgan fingerprint density at radius 3 is 2.55 bits per heavy atom. The quantitative estimate of drug-likeness (QED) is 0.761. The van der Waals surface area contributed by atoms with Crippen LogP contribution in [0.25, 0.3) is 0 Å². The third-order valence-corrected chi connectivity index (χ3v) is 3.76. The van der Waals surface area contributed by atoms with Crippen LogP contribution in [0.3, 0.4) is 0 Å². The first-order valence-electron chi connectivity index (χ1n) is 7.34. The molecule has 0 saturated heterocycles. The second kappa shape index (κ2) is 6.91. The van der Waals surface area contributed by atoms with Gasteiger partial charge in [0.1, 0.15) is 18.5 Å². The van der Waals surface area contributed by atoms with Gasteiger partial charge in [-0.1, -0.05) is 6.92 Å². The van der Waals surface area contributed by atoms with Crippen LogP contribution in [0, 0.1) is 12.7 Å². The highest BCUT2D eigenvalue weighted by Gasteiger charge is 2.20. The Balaban J connectivity index is 2.03. The van der Waals surface area contributed by atoms with Gasteiger partial charge in [-0.3, -0.25) is 0 Å². The van der Waals surface area contributed by atoms with Crippen LogP contribution in [0.5, 0.6) is 11.5 Å². The molecule has 1 aromatic rings. The average molecular weight is 284 g/mol. The number of hydrogen-bond donors (Lipinski definition) is 0. The van der Waals surface area contributed by atoms with Crippen LogP contribution < -0.4 is 9.47 Å². The van der Waals surface area contributed by atoms with Crippen LogP contribution >= 0.6 is 0 Å². The molecule has 0 radical (unpaired) electrons. The summed E-state index contributed by atoms with van der Waals surface area (Å²) in [7, 11) is 0. The highest BCUT2D eigenvalue weighted by Crippen LogP contribution is 2.31. The summed E-state index contributed by atoms with van der Waals surface area (Å²) in [6.45, 7) is 3.34. The summed E-state index contributed by atoms with van der Waals surface area (Å²) in [4.78, 5) is 0. The SMILES string of the molecule is CCC(F)COc1ccc(OC2CCCC2)c(F)c1C. The Hall–Kier alpha value is -1.32. The summed E-state index contributed by atoms with van der Waals surface area (Å²) in [5.41, 5.74) is 0.379. The van der Waals surface area contributed by atoms with Crippen molar-refractivity contribution in [2.24, 2.45) is 0 Å². The van der Waals surface area contributed by atoms with Gasteiger partial charge in [0.15, 0.2) is 11.6 Å². The molecule has 0 heterocycles. The van der Waals surface area contributed by atoms with Crippen molar-refractivity contribution in [1.29, 1.82) is 0 Å². The van der Waals surface area contributed by atoms with Crippen molar-refractivity contribution in [2.45, 2.75) is 58.2 Å². The molecule has 1 saturated carbocycles. The Labute approximate surface area is 119 Å². The first kappa shape index (κ1) is 15.1. The maximum Gasteiger partial charge on any atom is 0.171 e. The molecule has 1 fully saturated rings. The van der Waals surface area contributed by atoms with Gasteiger partial charge < -0.3 is 9.47 Å². The molecule has 1 unspecified atom stereocenters. The number of alkyl halides is 1. The van der Waals surface area contributed by atoms with Crippen molar-refractivity contribution < 1.29 is 18.3 Å². The van der Waals surface area contributed by atoms with E-state index in [0.29, 0.717) is 17.7 Å². The summed E-state index contributed by atoms with van der Waals surface area (Å²) in [5.74, 6) is 0.257. The van der Waals surface area contributed by atoms with Crippen LogP contribution in [0.1, 0.15) is 44.6 Å². The van der Waals surface area contributed by atoms with E-state index in [1.165, 1.54) is 0 Å². The number of halogens is 2. The minimum Gasteiger partial charge on any atom is -0.490 e. The van der Waals surface area contributed by atoms with Gasteiger partial charge in [-0.15, -0.1) is 0 Å². The first-order valence-corrected chi connectivity index (χ1v) is 7.34. The standard InChI is InChI=1S/C16H22F2O2/c1-3-12(17)10-19-14-8-9-15(16(18)11(14)2)20-13-6-4-5-7-13/h8-9,12-13H,3-7,10H2,1-2H3. The molecular weight excluding hydrogens is 262 g/mol. The average Bonchev–Trinajstić information content (AvgIpc) is 2.95. The zero-order chi connectivity index (χ0) is 14.5. The predicted octanol–water partition coefficient (Wildman–Crippen LogP) is 4.58.